The zero-order valence-corrected chi connectivity index (χ0v) is 15.7. The van der Waals surface area contributed by atoms with Gasteiger partial charge in [0.05, 0.1) is 20.6 Å². The van der Waals surface area contributed by atoms with Crippen molar-refractivity contribution < 1.29 is 8.42 Å². The molecule has 3 rings (SSSR count). The van der Waals surface area contributed by atoms with E-state index < -0.39 is 10.0 Å². The number of pyridine rings is 1. The van der Waals surface area contributed by atoms with Gasteiger partial charge in [0.1, 0.15) is 5.82 Å². The van der Waals surface area contributed by atoms with Gasteiger partial charge < -0.3 is 0 Å². The Balaban J connectivity index is 2.03. The summed E-state index contributed by atoms with van der Waals surface area (Å²) in [5.74, 6) is 0.510. The first-order chi connectivity index (χ1) is 11.8. The predicted molar refractivity (Wildman–Crippen MR) is 98.1 cm³/mol. The van der Waals surface area contributed by atoms with Crippen LogP contribution in [0.3, 0.4) is 0 Å². The molecule has 0 saturated heterocycles. The lowest BCUT2D eigenvalue weighted by Crippen LogP contribution is -2.16. The number of hydrogen-bond acceptors (Lipinski definition) is 4. The van der Waals surface area contributed by atoms with Crippen LogP contribution in [0.1, 0.15) is 11.3 Å². The summed E-state index contributed by atoms with van der Waals surface area (Å²) < 4.78 is 29.1. The summed E-state index contributed by atoms with van der Waals surface area (Å²) in [5.41, 5.74) is 1.58. The zero-order chi connectivity index (χ0) is 18.2. The van der Waals surface area contributed by atoms with Crippen molar-refractivity contribution in [3.05, 3.63) is 63.9 Å². The molecule has 0 aliphatic rings. The van der Waals surface area contributed by atoms with Gasteiger partial charge in [0, 0.05) is 12.3 Å². The summed E-state index contributed by atoms with van der Waals surface area (Å²) >= 11 is 12.0. The molecule has 0 spiro atoms. The first-order valence-electron chi connectivity index (χ1n) is 7.24. The van der Waals surface area contributed by atoms with Crippen molar-refractivity contribution in [1.29, 1.82) is 0 Å². The number of anilines is 1. The second-order valence-electron chi connectivity index (χ2n) is 5.46. The van der Waals surface area contributed by atoms with Crippen LogP contribution in [0.2, 0.25) is 10.0 Å². The first-order valence-corrected chi connectivity index (χ1v) is 9.48. The molecule has 0 amide bonds. The van der Waals surface area contributed by atoms with Crippen LogP contribution in [0.25, 0.3) is 5.82 Å². The van der Waals surface area contributed by atoms with Gasteiger partial charge in [-0.1, -0.05) is 40.9 Å². The Labute approximate surface area is 155 Å². The smallest absolute Gasteiger partial charge is 0.263 e. The normalized spacial score (nSPS) is 11.5. The molecule has 0 atom stereocenters. The third kappa shape index (κ3) is 3.78. The zero-order valence-electron chi connectivity index (χ0n) is 13.4. The molecule has 0 unspecified atom stereocenters. The lowest BCUT2D eigenvalue weighted by molar-refractivity contribution is 0.600. The molecule has 25 heavy (non-hydrogen) atoms. The highest BCUT2D eigenvalue weighted by atomic mass is 35.5. The quantitative estimate of drug-likeness (QED) is 0.722. The largest absolute Gasteiger partial charge is 0.263 e. The topological polar surface area (TPSA) is 76.9 Å². The van der Waals surface area contributed by atoms with Crippen molar-refractivity contribution in [1.82, 2.24) is 14.8 Å². The standard InChI is InChI=1S/C16H14Cl2N4O2S/c1-10-3-5-13(6-4-10)25(23,24)21-15-7-11(2)20-22(15)16-14(18)8-12(17)9-19-16/h3-9,21H,1-2H3. The second-order valence-corrected chi connectivity index (χ2v) is 7.99. The van der Waals surface area contributed by atoms with Gasteiger partial charge in [0.25, 0.3) is 10.0 Å². The van der Waals surface area contributed by atoms with Crippen molar-refractivity contribution in [3.63, 3.8) is 0 Å². The summed E-state index contributed by atoms with van der Waals surface area (Å²) in [6.45, 7) is 3.63. The van der Waals surface area contributed by atoms with Crippen molar-refractivity contribution >= 4 is 39.0 Å². The number of aromatic nitrogens is 3. The Bertz CT molecular complexity index is 1030. The first kappa shape index (κ1) is 17.7. The van der Waals surface area contributed by atoms with Gasteiger partial charge in [-0.3, -0.25) is 4.72 Å². The van der Waals surface area contributed by atoms with Crippen LogP contribution < -0.4 is 4.72 Å². The second kappa shape index (κ2) is 6.67. The maximum absolute atomic E-state index is 12.6. The minimum atomic E-state index is -3.78. The fourth-order valence-electron chi connectivity index (χ4n) is 2.21. The van der Waals surface area contributed by atoms with Crippen LogP contribution in [-0.2, 0) is 10.0 Å². The lowest BCUT2D eigenvalue weighted by atomic mass is 10.2. The van der Waals surface area contributed by atoms with Gasteiger partial charge in [-0.15, -0.1) is 0 Å². The Morgan fingerprint density at radius 3 is 2.40 bits per heavy atom. The van der Waals surface area contributed by atoms with Gasteiger partial charge in [0.15, 0.2) is 5.82 Å². The number of halogens is 2. The molecular formula is C16H14Cl2N4O2S. The van der Waals surface area contributed by atoms with Gasteiger partial charge in [-0.2, -0.15) is 9.78 Å². The maximum atomic E-state index is 12.6. The highest BCUT2D eigenvalue weighted by molar-refractivity contribution is 7.92. The Morgan fingerprint density at radius 2 is 1.76 bits per heavy atom. The van der Waals surface area contributed by atoms with E-state index in [0.717, 1.165) is 5.56 Å². The molecule has 0 aliphatic heterocycles. The molecular weight excluding hydrogens is 383 g/mol. The molecule has 2 heterocycles. The Kier molecular flexibility index (Phi) is 4.73. The van der Waals surface area contributed by atoms with Crippen LogP contribution in [0.4, 0.5) is 5.82 Å². The SMILES string of the molecule is Cc1ccc(S(=O)(=O)Nc2cc(C)nn2-c2ncc(Cl)cc2Cl)cc1. The average Bonchev–Trinajstić information content (AvgIpc) is 2.87. The van der Waals surface area contributed by atoms with Gasteiger partial charge in [-0.25, -0.2) is 13.4 Å². The molecule has 3 aromatic rings. The number of benzene rings is 1. The van der Waals surface area contributed by atoms with Crippen LogP contribution >= 0.6 is 23.2 Å². The van der Waals surface area contributed by atoms with Crippen molar-refractivity contribution in [3.8, 4) is 5.82 Å². The van der Waals surface area contributed by atoms with E-state index >= 15 is 0 Å². The van der Waals surface area contributed by atoms with Gasteiger partial charge in [-0.05, 0) is 32.0 Å². The number of aryl methyl sites for hydroxylation is 2. The molecule has 0 radical (unpaired) electrons. The molecule has 0 saturated carbocycles. The third-order valence-corrected chi connectivity index (χ3v) is 5.25. The molecule has 0 bridgehead atoms. The monoisotopic (exact) mass is 396 g/mol. The summed E-state index contributed by atoms with van der Waals surface area (Å²) in [4.78, 5) is 4.29. The summed E-state index contributed by atoms with van der Waals surface area (Å²) in [6.07, 6.45) is 1.41. The molecule has 0 fully saturated rings. The van der Waals surface area contributed by atoms with E-state index in [0.29, 0.717) is 10.7 Å². The Morgan fingerprint density at radius 1 is 1.08 bits per heavy atom. The van der Waals surface area contributed by atoms with Crippen LogP contribution in [0.15, 0.2) is 47.5 Å². The van der Waals surface area contributed by atoms with E-state index in [1.165, 1.54) is 16.9 Å². The minimum Gasteiger partial charge on any atom is -0.263 e. The van der Waals surface area contributed by atoms with Crippen LogP contribution in [-0.4, -0.2) is 23.2 Å². The van der Waals surface area contributed by atoms with E-state index in [4.69, 9.17) is 23.2 Å². The molecule has 9 heteroatoms. The molecule has 1 aromatic carbocycles. The van der Waals surface area contributed by atoms with Crippen molar-refractivity contribution in [2.24, 2.45) is 0 Å². The number of hydrogen-bond donors (Lipinski definition) is 1. The fraction of sp³-hybridized carbons (Fsp3) is 0.125. The lowest BCUT2D eigenvalue weighted by Gasteiger charge is -2.11. The molecule has 1 N–H and O–H groups in total. The molecule has 6 nitrogen and oxygen atoms in total. The highest BCUT2D eigenvalue weighted by Gasteiger charge is 2.19. The summed E-state index contributed by atoms with van der Waals surface area (Å²) in [6, 6.07) is 9.65. The number of nitrogens with one attached hydrogen (secondary N) is 1. The highest BCUT2D eigenvalue weighted by Crippen LogP contribution is 2.26. The summed E-state index contributed by atoms with van der Waals surface area (Å²) in [5, 5.41) is 4.89. The van der Waals surface area contributed by atoms with E-state index in [9.17, 15) is 8.42 Å². The van der Waals surface area contributed by atoms with Crippen molar-refractivity contribution in [2.75, 3.05) is 4.72 Å². The van der Waals surface area contributed by atoms with E-state index in [1.54, 1.807) is 37.3 Å². The average molecular weight is 397 g/mol. The summed E-state index contributed by atoms with van der Waals surface area (Å²) in [7, 11) is -3.78. The Hall–Kier alpha value is -2.09. The third-order valence-electron chi connectivity index (χ3n) is 3.39. The number of rotatable bonds is 4. The molecule has 0 aliphatic carbocycles. The number of nitrogens with zero attached hydrogens (tertiary/aromatic N) is 3. The van der Waals surface area contributed by atoms with E-state index in [2.05, 4.69) is 14.8 Å². The van der Waals surface area contributed by atoms with E-state index in [-0.39, 0.29) is 21.6 Å². The molecule has 2 aromatic heterocycles. The maximum Gasteiger partial charge on any atom is 0.263 e. The van der Waals surface area contributed by atoms with Crippen LogP contribution in [0.5, 0.6) is 0 Å². The predicted octanol–water partition coefficient (Wildman–Crippen LogP) is 3.99. The van der Waals surface area contributed by atoms with Crippen molar-refractivity contribution in [2.45, 2.75) is 18.7 Å². The number of sulfonamides is 1. The van der Waals surface area contributed by atoms with Gasteiger partial charge >= 0.3 is 0 Å². The van der Waals surface area contributed by atoms with Crippen LogP contribution in [0, 0.1) is 13.8 Å². The fourth-order valence-corrected chi connectivity index (χ4v) is 3.70. The minimum absolute atomic E-state index is 0.152. The van der Waals surface area contributed by atoms with E-state index in [1.807, 2.05) is 6.92 Å². The van der Waals surface area contributed by atoms with Gasteiger partial charge in [0.2, 0.25) is 0 Å². The molecule has 130 valence electrons.